The Morgan fingerprint density at radius 2 is 1.75 bits per heavy atom. The van der Waals surface area contributed by atoms with Gasteiger partial charge in [-0.25, -0.2) is 0 Å². The first-order chi connectivity index (χ1) is 11.8. The van der Waals surface area contributed by atoms with Gasteiger partial charge in [-0.15, -0.1) is 10.2 Å². The summed E-state index contributed by atoms with van der Waals surface area (Å²) in [5.74, 6) is 3.29. The molecule has 24 heavy (non-hydrogen) atoms. The van der Waals surface area contributed by atoms with E-state index in [1.54, 1.807) is 0 Å². The van der Waals surface area contributed by atoms with E-state index in [9.17, 15) is 0 Å². The minimum atomic E-state index is 0.856. The summed E-state index contributed by atoms with van der Waals surface area (Å²) in [6, 6.07) is 2.03. The van der Waals surface area contributed by atoms with Crippen molar-refractivity contribution in [2.75, 3.05) is 26.2 Å². The largest absolute Gasteiger partial charge is 0.360 e. The van der Waals surface area contributed by atoms with Crippen LogP contribution in [-0.2, 0) is 26.1 Å². The Kier molecular flexibility index (Phi) is 4.62. The number of aryl methyl sites for hydroxylation is 2. The van der Waals surface area contributed by atoms with Crippen molar-refractivity contribution >= 4 is 0 Å². The zero-order valence-corrected chi connectivity index (χ0v) is 14.4. The number of hydrogen-bond acceptors (Lipinski definition) is 6. The monoisotopic (exact) mass is 330 g/mol. The standard InChI is InChI=1S/C17H26N6O/c1-14-11-15(24-20-14)12-21-7-9-22(10-8-21)13-17-19-18-16-5-3-2-4-6-23(16)17/h11H,2-10,12-13H2,1H3. The van der Waals surface area contributed by atoms with Crippen molar-refractivity contribution in [1.29, 1.82) is 0 Å². The molecular weight excluding hydrogens is 304 g/mol. The molecule has 2 aliphatic rings. The molecule has 2 aromatic heterocycles. The average molecular weight is 330 g/mol. The zero-order chi connectivity index (χ0) is 16.4. The first-order valence-electron chi connectivity index (χ1n) is 9.06. The third kappa shape index (κ3) is 3.52. The van der Waals surface area contributed by atoms with Gasteiger partial charge in [-0.2, -0.15) is 0 Å². The van der Waals surface area contributed by atoms with Crippen LogP contribution in [0.4, 0.5) is 0 Å². The maximum Gasteiger partial charge on any atom is 0.150 e. The van der Waals surface area contributed by atoms with Crippen molar-refractivity contribution in [3.8, 4) is 0 Å². The van der Waals surface area contributed by atoms with Gasteiger partial charge in [-0.05, 0) is 19.8 Å². The van der Waals surface area contributed by atoms with Crippen LogP contribution in [0.25, 0.3) is 0 Å². The summed E-state index contributed by atoms with van der Waals surface area (Å²) in [5.41, 5.74) is 0.955. The third-order valence-electron chi connectivity index (χ3n) is 5.07. The predicted octanol–water partition coefficient (Wildman–Crippen LogP) is 1.62. The first-order valence-corrected chi connectivity index (χ1v) is 9.06. The van der Waals surface area contributed by atoms with E-state index in [4.69, 9.17) is 4.52 Å². The fourth-order valence-corrected chi connectivity index (χ4v) is 3.68. The molecule has 0 bridgehead atoms. The Morgan fingerprint density at radius 1 is 0.958 bits per heavy atom. The third-order valence-corrected chi connectivity index (χ3v) is 5.07. The summed E-state index contributed by atoms with van der Waals surface area (Å²) in [6.45, 7) is 9.07. The van der Waals surface area contributed by atoms with Gasteiger partial charge in [0, 0.05) is 45.2 Å². The molecule has 1 saturated heterocycles. The van der Waals surface area contributed by atoms with Crippen LogP contribution >= 0.6 is 0 Å². The summed E-state index contributed by atoms with van der Waals surface area (Å²) >= 11 is 0. The molecule has 4 rings (SSSR count). The van der Waals surface area contributed by atoms with E-state index in [0.29, 0.717) is 0 Å². The minimum Gasteiger partial charge on any atom is -0.360 e. The Labute approximate surface area is 142 Å². The van der Waals surface area contributed by atoms with Crippen molar-refractivity contribution in [2.45, 2.75) is 52.2 Å². The van der Waals surface area contributed by atoms with Crippen molar-refractivity contribution in [3.05, 3.63) is 29.2 Å². The fourth-order valence-electron chi connectivity index (χ4n) is 3.68. The SMILES string of the molecule is Cc1cc(CN2CCN(Cc3nnc4n3CCCCC4)CC2)on1. The Hall–Kier alpha value is -1.73. The van der Waals surface area contributed by atoms with Gasteiger partial charge in [-0.3, -0.25) is 9.80 Å². The highest BCUT2D eigenvalue weighted by molar-refractivity contribution is 5.03. The molecular formula is C17H26N6O. The maximum atomic E-state index is 5.33. The van der Waals surface area contributed by atoms with Crippen molar-refractivity contribution < 1.29 is 4.52 Å². The summed E-state index contributed by atoms with van der Waals surface area (Å²) in [6.07, 6.45) is 4.89. The minimum absolute atomic E-state index is 0.856. The maximum absolute atomic E-state index is 5.33. The molecule has 1 fully saturated rings. The molecule has 4 heterocycles. The van der Waals surface area contributed by atoms with Gasteiger partial charge in [0.15, 0.2) is 5.76 Å². The lowest BCUT2D eigenvalue weighted by molar-refractivity contribution is 0.111. The molecule has 7 nitrogen and oxygen atoms in total. The number of piperazine rings is 1. The topological polar surface area (TPSA) is 63.2 Å². The van der Waals surface area contributed by atoms with Gasteiger partial charge in [0.25, 0.3) is 0 Å². The van der Waals surface area contributed by atoms with Crippen LogP contribution in [0.5, 0.6) is 0 Å². The van der Waals surface area contributed by atoms with E-state index in [1.807, 2.05) is 13.0 Å². The second kappa shape index (κ2) is 7.03. The lowest BCUT2D eigenvalue weighted by Crippen LogP contribution is -2.45. The smallest absolute Gasteiger partial charge is 0.150 e. The van der Waals surface area contributed by atoms with E-state index in [-0.39, 0.29) is 0 Å². The van der Waals surface area contributed by atoms with Crippen LogP contribution in [0.2, 0.25) is 0 Å². The lowest BCUT2D eigenvalue weighted by Gasteiger charge is -2.33. The van der Waals surface area contributed by atoms with Crippen molar-refractivity contribution in [2.24, 2.45) is 0 Å². The lowest BCUT2D eigenvalue weighted by atomic mass is 10.2. The molecule has 0 atom stereocenters. The molecule has 0 amide bonds. The Morgan fingerprint density at radius 3 is 2.50 bits per heavy atom. The Bertz CT molecular complexity index is 670. The molecule has 130 valence electrons. The quantitative estimate of drug-likeness (QED) is 0.849. The number of fused-ring (bicyclic) bond motifs is 1. The highest BCUT2D eigenvalue weighted by Gasteiger charge is 2.21. The molecule has 0 N–H and O–H groups in total. The summed E-state index contributed by atoms with van der Waals surface area (Å²) < 4.78 is 7.68. The number of aromatic nitrogens is 4. The van der Waals surface area contributed by atoms with E-state index in [2.05, 4.69) is 29.7 Å². The van der Waals surface area contributed by atoms with Crippen LogP contribution in [-0.4, -0.2) is 55.9 Å². The van der Waals surface area contributed by atoms with Gasteiger partial charge in [0.05, 0.1) is 18.8 Å². The number of nitrogens with zero attached hydrogens (tertiary/aromatic N) is 6. The fraction of sp³-hybridized carbons (Fsp3) is 0.706. The van der Waals surface area contributed by atoms with Crippen LogP contribution in [0.15, 0.2) is 10.6 Å². The van der Waals surface area contributed by atoms with Crippen LogP contribution in [0, 0.1) is 6.92 Å². The second-order valence-corrected chi connectivity index (χ2v) is 6.98. The number of rotatable bonds is 4. The first kappa shape index (κ1) is 15.8. The molecule has 0 aromatic carbocycles. The molecule has 2 aliphatic heterocycles. The molecule has 0 unspecified atom stereocenters. The molecule has 7 heteroatoms. The summed E-state index contributed by atoms with van der Waals surface area (Å²) in [7, 11) is 0. The van der Waals surface area contributed by atoms with Gasteiger partial charge < -0.3 is 9.09 Å². The van der Waals surface area contributed by atoms with Gasteiger partial charge in [0.2, 0.25) is 0 Å². The molecule has 0 aliphatic carbocycles. The molecule has 0 spiro atoms. The molecule has 2 aromatic rings. The van der Waals surface area contributed by atoms with Gasteiger partial charge >= 0.3 is 0 Å². The van der Waals surface area contributed by atoms with Crippen molar-refractivity contribution in [1.82, 2.24) is 29.7 Å². The van der Waals surface area contributed by atoms with E-state index < -0.39 is 0 Å². The second-order valence-electron chi connectivity index (χ2n) is 6.98. The summed E-state index contributed by atoms with van der Waals surface area (Å²) in [5, 5.41) is 12.8. The average Bonchev–Trinajstić information content (AvgIpc) is 3.08. The molecule has 0 saturated carbocycles. The van der Waals surface area contributed by atoms with E-state index >= 15 is 0 Å². The van der Waals surface area contributed by atoms with Gasteiger partial charge in [-0.1, -0.05) is 11.6 Å². The molecule has 0 radical (unpaired) electrons. The predicted molar refractivity (Wildman–Crippen MR) is 89.4 cm³/mol. The van der Waals surface area contributed by atoms with E-state index in [1.165, 1.54) is 25.1 Å². The zero-order valence-electron chi connectivity index (χ0n) is 14.4. The van der Waals surface area contributed by atoms with Crippen LogP contribution in [0.3, 0.4) is 0 Å². The Balaban J connectivity index is 1.31. The van der Waals surface area contributed by atoms with Crippen LogP contribution < -0.4 is 0 Å². The highest BCUT2D eigenvalue weighted by Crippen LogP contribution is 2.16. The van der Waals surface area contributed by atoms with Crippen LogP contribution in [0.1, 0.15) is 42.4 Å². The highest BCUT2D eigenvalue weighted by atomic mass is 16.5. The number of hydrogen-bond donors (Lipinski definition) is 0. The normalized spacial score (nSPS) is 20.0. The van der Waals surface area contributed by atoms with Gasteiger partial charge in [0.1, 0.15) is 11.6 Å². The van der Waals surface area contributed by atoms with E-state index in [0.717, 1.165) is 69.5 Å². The van der Waals surface area contributed by atoms with Crippen molar-refractivity contribution in [3.63, 3.8) is 0 Å². The summed E-state index contributed by atoms with van der Waals surface area (Å²) in [4.78, 5) is 4.92.